The minimum atomic E-state index is -0.357. The summed E-state index contributed by atoms with van der Waals surface area (Å²) in [5, 5.41) is 9.19. The summed E-state index contributed by atoms with van der Waals surface area (Å²) in [6.45, 7) is 2.32. The molecule has 1 aromatic rings. The second kappa shape index (κ2) is 4.81. The lowest BCUT2D eigenvalue weighted by Gasteiger charge is -2.19. The zero-order valence-corrected chi connectivity index (χ0v) is 8.77. The molecule has 0 fully saturated rings. The summed E-state index contributed by atoms with van der Waals surface area (Å²) < 4.78 is 5.00. The van der Waals surface area contributed by atoms with Gasteiger partial charge in [-0.3, -0.25) is 0 Å². The summed E-state index contributed by atoms with van der Waals surface area (Å²) in [6.07, 6.45) is 1.30. The van der Waals surface area contributed by atoms with Gasteiger partial charge in [-0.1, -0.05) is 0 Å². The highest BCUT2D eigenvalue weighted by Crippen LogP contribution is 2.14. The molecule has 1 heterocycles. The maximum Gasteiger partial charge on any atom is 0.137 e. The summed E-state index contributed by atoms with van der Waals surface area (Å²) in [4.78, 5) is 6.09. The fourth-order valence-electron chi connectivity index (χ4n) is 1.21. The number of aliphatic hydroxyl groups is 1. The Morgan fingerprint density at radius 1 is 1.57 bits per heavy atom. The third-order valence-electron chi connectivity index (χ3n) is 1.89. The first kappa shape index (κ1) is 10.8. The number of ether oxygens (including phenoxy) is 1. The normalized spacial score (nSPS) is 12.3. The first-order chi connectivity index (χ1) is 6.63. The quantitative estimate of drug-likeness (QED) is 0.777. The molecule has 0 spiro atoms. The average molecular weight is 196 g/mol. The van der Waals surface area contributed by atoms with Gasteiger partial charge in [-0.2, -0.15) is 0 Å². The van der Waals surface area contributed by atoms with Crippen LogP contribution in [0, 0.1) is 0 Å². The number of hydrogen-bond donors (Lipinski definition) is 1. The van der Waals surface area contributed by atoms with Crippen molar-refractivity contribution in [1.29, 1.82) is 0 Å². The smallest absolute Gasteiger partial charge is 0.137 e. The Bertz CT molecular complexity index is 272. The number of nitrogens with zero attached hydrogens (tertiary/aromatic N) is 2. The number of likely N-dealkylation sites (N-methyl/N-ethyl adjacent to an activating group) is 1. The topological polar surface area (TPSA) is 45.6 Å². The van der Waals surface area contributed by atoms with Gasteiger partial charge in [0, 0.05) is 13.6 Å². The Labute approximate surface area is 84.1 Å². The number of pyridine rings is 1. The Balaban J connectivity index is 2.66. The predicted octanol–water partition coefficient (Wildman–Crippen LogP) is 0.907. The Hall–Kier alpha value is -1.29. The number of aromatic nitrogens is 1. The number of hydrogen-bond acceptors (Lipinski definition) is 4. The summed E-state index contributed by atoms with van der Waals surface area (Å²) in [5.41, 5.74) is 0. The van der Waals surface area contributed by atoms with Gasteiger partial charge in [0.15, 0.2) is 0 Å². The van der Waals surface area contributed by atoms with Crippen LogP contribution in [0.2, 0.25) is 0 Å². The molecule has 0 aliphatic rings. The average Bonchev–Trinajstić information content (AvgIpc) is 2.17. The van der Waals surface area contributed by atoms with Crippen LogP contribution in [0.3, 0.4) is 0 Å². The van der Waals surface area contributed by atoms with E-state index in [1.54, 1.807) is 20.2 Å². The molecule has 4 heteroatoms. The third kappa shape index (κ3) is 2.88. The van der Waals surface area contributed by atoms with E-state index in [-0.39, 0.29) is 6.10 Å². The summed E-state index contributed by atoms with van der Waals surface area (Å²) in [7, 11) is 3.50. The molecule has 1 aromatic heterocycles. The van der Waals surface area contributed by atoms with E-state index in [1.165, 1.54) is 0 Å². The van der Waals surface area contributed by atoms with Crippen LogP contribution in [0.25, 0.3) is 0 Å². The molecule has 0 amide bonds. The van der Waals surface area contributed by atoms with E-state index < -0.39 is 0 Å². The van der Waals surface area contributed by atoms with Gasteiger partial charge < -0.3 is 14.7 Å². The molecule has 1 N–H and O–H groups in total. The van der Waals surface area contributed by atoms with Crippen LogP contribution >= 0.6 is 0 Å². The molecule has 14 heavy (non-hydrogen) atoms. The SMILES string of the molecule is COc1ccc(N(C)CC(C)O)nc1. The molecular weight excluding hydrogens is 180 g/mol. The molecule has 0 aliphatic carbocycles. The molecule has 1 unspecified atom stereocenters. The monoisotopic (exact) mass is 196 g/mol. The van der Waals surface area contributed by atoms with Crippen molar-refractivity contribution >= 4 is 5.82 Å². The molecule has 0 radical (unpaired) electrons. The van der Waals surface area contributed by atoms with Gasteiger partial charge >= 0.3 is 0 Å². The zero-order chi connectivity index (χ0) is 10.6. The number of rotatable bonds is 4. The first-order valence-electron chi connectivity index (χ1n) is 4.52. The molecule has 0 aromatic carbocycles. The van der Waals surface area contributed by atoms with Gasteiger partial charge in [-0.05, 0) is 19.1 Å². The molecule has 0 aliphatic heterocycles. The van der Waals surface area contributed by atoms with E-state index in [1.807, 2.05) is 24.1 Å². The van der Waals surface area contributed by atoms with Crippen molar-refractivity contribution in [3.05, 3.63) is 18.3 Å². The van der Waals surface area contributed by atoms with Crippen LogP contribution in [0.5, 0.6) is 5.75 Å². The van der Waals surface area contributed by atoms with Crippen molar-refractivity contribution in [2.75, 3.05) is 25.6 Å². The van der Waals surface area contributed by atoms with Crippen molar-refractivity contribution in [2.45, 2.75) is 13.0 Å². The molecule has 4 nitrogen and oxygen atoms in total. The third-order valence-corrected chi connectivity index (χ3v) is 1.89. The van der Waals surface area contributed by atoms with Gasteiger partial charge in [0.2, 0.25) is 0 Å². The van der Waals surface area contributed by atoms with Gasteiger partial charge in [-0.15, -0.1) is 0 Å². The fraction of sp³-hybridized carbons (Fsp3) is 0.500. The lowest BCUT2D eigenvalue weighted by Crippen LogP contribution is -2.27. The fourth-order valence-corrected chi connectivity index (χ4v) is 1.21. The van der Waals surface area contributed by atoms with Gasteiger partial charge in [0.05, 0.1) is 19.4 Å². The largest absolute Gasteiger partial charge is 0.495 e. The van der Waals surface area contributed by atoms with E-state index in [4.69, 9.17) is 4.74 Å². The maximum atomic E-state index is 9.19. The molecule has 0 saturated carbocycles. The second-order valence-corrected chi connectivity index (χ2v) is 3.29. The molecule has 1 atom stereocenters. The number of methoxy groups -OCH3 is 1. The first-order valence-corrected chi connectivity index (χ1v) is 4.52. The minimum absolute atomic E-state index is 0.357. The standard InChI is InChI=1S/C10H16N2O2/c1-8(13)7-12(2)10-5-4-9(14-3)6-11-10/h4-6,8,13H,7H2,1-3H3. The van der Waals surface area contributed by atoms with Crippen LogP contribution in [0.4, 0.5) is 5.82 Å². The Kier molecular flexibility index (Phi) is 3.71. The highest BCUT2D eigenvalue weighted by Gasteiger charge is 2.05. The van der Waals surface area contributed by atoms with Crippen molar-refractivity contribution in [3.63, 3.8) is 0 Å². The highest BCUT2D eigenvalue weighted by atomic mass is 16.5. The lowest BCUT2D eigenvalue weighted by molar-refractivity contribution is 0.201. The highest BCUT2D eigenvalue weighted by molar-refractivity contribution is 5.39. The lowest BCUT2D eigenvalue weighted by atomic mass is 10.3. The predicted molar refractivity (Wildman–Crippen MR) is 55.7 cm³/mol. The van der Waals surface area contributed by atoms with Crippen LogP contribution in [-0.4, -0.2) is 36.9 Å². The van der Waals surface area contributed by atoms with Crippen LogP contribution in [0.1, 0.15) is 6.92 Å². The van der Waals surface area contributed by atoms with E-state index in [0.29, 0.717) is 6.54 Å². The van der Waals surface area contributed by atoms with Crippen molar-refractivity contribution < 1.29 is 9.84 Å². The summed E-state index contributed by atoms with van der Waals surface area (Å²) in [6, 6.07) is 3.71. The van der Waals surface area contributed by atoms with E-state index in [9.17, 15) is 5.11 Å². The van der Waals surface area contributed by atoms with E-state index >= 15 is 0 Å². The van der Waals surface area contributed by atoms with Gasteiger partial charge in [-0.25, -0.2) is 4.98 Å². The minimum Gasteiger partial charge on any atom is -0.495 e. The second-order valence-electron chi connectivity index (χ2n) is 3.29. The van der Waals surface area contributed by atoms with E-state index in [2.05, 4.69) is 4.98 Å². The van der Waals surface area contributed by atoms with Crippen molar-refractivity contribution in [3.8, 4) is 5.75 Å². The van der Waals surface area contributed by atoms with E-state index in [0.717, 1.165) is 11.6 Å². The number of aliphatic hydroxyl groups excluding tert-OH is 1. The van der Waals surface area contributed by atoms with Gasteiger partial charge in [0.1, 0.15) is 11.6 Å². The molecule has 0 saturated heterocycles. The molecule has 1 rings (SSSR count). The Morgan fingerprint density at radius 2 is 2.29 bits per heavy atom. The van der Waals surface area contributed by atoms with Crippen LogP contribution < -0.4 is 9.64 Å². The molecule has 0 bridgehead atoms. The van der Waals surface area contributed by atoms with Gasteiger partial charge in [0.25, 0.3) is 0 Å². The van der Waals surface area contributed by atoms with Crippen molar-refractivity contribution in [1.82, 2.24) is 4.98 Å². The molecule has 78 valence electrons. The van der Waals surface area contributed by atoms with Crippen LogP contribution in [0.15, 0.2) is 18.3 Å². The maximum absolute atomic E-state index is 9.19. The summed E-state index contributed by atoms with van der Waals surface area (Å²) >= 11 is 0. The zero-order valence-electron chi connectivity index (χ0n) is 8.77. The molecular formula is C10H16N2O2. The Morgan fingerprint density at radius 3 is 2.71 bits per heavy atom. The number of anilines is 1. The van der Waals surface area contributed by atoms with Crippen LogP contribution in [-0.2, 0) is 0 Å². The summed E-state index contributed by atoms with van der Waals surface area (Å²) in [5.74, 6) is 1.56. The van der Waals surface area contributed by atoms with Crippen molar-refractivity contribution in [2.24, 2.45) is 0 Å².